The van der Waals surface area contributed by atoms with E-state index in [2.05, 4.69) is 27.5 Å². The smallest absolute Gasteiger partial charge is 0.433 e. The van der Waals surface area contributed by atoms with E-state index < -0.39 is 23.9 Å². The lowest BCUT2D eigenvalue weighted by molar-refractivity contribution is -0.176. The molecule has 11 heteroatoms. The third-order valence-corrected chi connectivity index (χ3v) is 3.92. The topological polar surface area (TPSA) is 128 Å². The predicted octanol–water partition coefficient (Wildman–Crippen LogP) is 1.48. The lowest BCUT2D eigenvalue weighted by atomic mass is 10.1. The first-order chi connectivity index (χ1) is 14.2. The monoisotopic (exact) mass is 440 g/mol. The number of rotatable bonds is 6. The van der Waals surface area contributed by atoms with Gasteiger partial charge < -0.3 is 14.8 Å². The second-order valence-corrected chi connectivity index (χ2v) is 6.30. The molecule has 1 aliphatic heterocycles. The zero-order valence-corrected chi connectivity index (χ0v) is 17.8. The van der Waals surface area contributed by atoms with E-state index >= 15 is 0 Å². The van der Waals surface area contributed by atoms with Crippen molar-refractivity contribution in [2.24, 2.45) is 0 Å². The molecule has 1 aliphatic rings. The number of hydroxylamine groups is 2. The van der Waals surface area contributed by atoms with Gasteiger partial charge in [0.1, 0.15) is 12.3 Å². The number of amides is 3. The Morgan fingerprint density at radius 1 is 1.10 bits per heavy atom. The molecule has 30 heavy (non-hydrogen) atoms. The molecule has 1 aromatic rings. The van der Waals surface area contributed by atoms with Crippen molar-refractivity contribution in [1.82, 2.24) is 10.4 Å². The number of nitrogens with zero attached hydrogens (tertiary/aromatic N) is 1. The van der Waals surface area contributed by atoms with E-state index in [4.69, 9.17) is 4.74 Å². The zero-order valence-electron chi connectivity index (χ0n) is 16.9. The van der Waals surface area contributed by atoms with Crippen LogP contribution in [0.4, 0.5) is 4.79 Å². The largest absolute Gasteiger partial charge is 0.533 e. The summed E-state index contributed by atoms with van der Waals surface area (Å²) in [5.74, 6) is -1.21. The maximum Gasteiger partial charge on any atom is 0.533 e. The van der Waals surface area contributed by atoms with E-state index in [1.54, 1.807) is 6.92 Å². The van der Waals surface area contributed by atoms with Crippen LogP contribution >= 0.6 is 12.6 Å². The third-order valence-electron chi connectivity index (χ3n) is 3.63. The average molecular weight is 440 g/mol. The Balaban J connectivity index is 0.000000311. The fourth-order valence-corrected chi connectivity index (χ4v) is 2.33. The molecule has 1 N–H and O–H groups in total. The van der Waals surface area contributed by atoms with Gasteiger partial charge >= 0.3 is 12.1 Å². The van der Waals surface area contributed by atoms with Crippen molar-refractivity contribution in [1.29, 1.82) is 0 Å². The standard InChI is InChI=1S/C12H15NO3S.C7H9NO5/c1-8-4-3-5-9(2)12(8)16-11(15)6-13-10(14)7-17;1-2-12-7(11)13-8-5(9)3-4-6(8)10/h3-5,17H,6-7H2,1-2H3,(H,13,14);2-4H2,1H3. The summed E-state index contributed by atoms with van der Waals surface area (Å²) in [4.78, 5) is 59.2. The van der Waals surface area contributed by atoms with Crippen LogP contribution in [0.1, 0.15) is 30.9 Å². The molecule has 0 unspecified atom stereocenters. The summed E-state index contributed by atoms with van der Waals surface area (Å²) in [6.45, 7) is 5.31. The van der Waals surface area contributed by atoms with Crippen LogP contribution < -0.4 is 10.1 Å². The van der Waals surface area contributed by atoms with Gasteiger partial charge in [-0.3, -0.25) is 19.2 Å². The van der Waals surface area contributed by atoms with E-state index in [-0.39, 0.29) is 37.7 Å². The second-order valence-electron chi connectivity index (χ2n) is 5.99. The maximum absolute atomic E-state index is 11.5. The number of imide groups is 1. The van der Waals surface area contributed by atoms with Crippen LogP contribution in [0, 0.1) is 13.8 Å². The van der Waals surface area contributed by atoms with Gasteiger partial charge in [0, 0.05) is 12.8 Å². The summed E-state index contributed by atoms with van der Waals surface area (Å²) in [5, 5.41) is 2.84. The Bertz CT molecular complexity index is 775. The number of ether oxygens (including phenoxy) is 2. The van der Waals surface area contributed by atoms with E-state index in [1.165, 1.54) is 0 Å². The molecule has 0 atom stereocenters. The highest BCUT2D eigenvalue weighted by molar-refractivity contribution is 7.81. The van der Waals surface area contributed by atoms with E-state index in [9.17, 15) is 24.0 Å². The van der Waals surface area contributed by atoms with E-state index in [1.807, 2.05) is 32.0 Å². The first-order valence-electron chi connectivity index (χ1n) is 9.04. The lowest BCUT2D eigenvalue weighted by Gasteiger charge is -2.11. The molecule has 0 aromatic heterocycles. The van der Waals surface area contributed by atoms with Gasteiger partial charge in [-0.1, -0.05) is 23.3 Å². The van der Waals surface area contributed by atoms with E-state index in [0.29, 0.717) is 10.8 Å². The molecule has 0 spiro atoms. The summed E-state index contributed by atoms with van der Waals surface area (Å²) in [6.07, 6.45) is -0.873. The number of nitrogens with one attached hydrogen (secondary N) is 1. The van der Waals surface area contributed by atoms with Crippen molar-refractivity contribution in [2.75, 3.05) is 18.9 Å². The molecule has 1 fully saturated rings. The van der Waals surface area contributed by atoms with Crippen LogP contribution in [-0.4, -0.2) is 53.8 Å². The zero-order chi connectivity index (χ0) is 22.7. The van der Waals surface area contributed by atoms with Gasteiger partial charge in [0.2, 0.25) is 5.91 Å². The first kappa shape index (κ1) is 25.0. The normalized spacial score (nSPS) is 12.6. The number of carbonyl (C=O) groups excluding carboxylic acids is 5. The van der Waals surface area contributed by atoms with E-state index in [0.717, 1.165) is 11.1 Å². The molecule has 0 radical (unpaired) electrons. The number of esters is 1. The first-order valence-corrected chi connectivity index (χ1v) is 9.67. The number of thiol groups is 1. The van der Waals surface area contributed by atoms with Gasteiger partial charge in [-0.25, -0.2) is 9.59 Å². The van der Waals surface area contributed by atoms with Gasteiger partial charge in [0.15, 0.2) is 0 Å². The van der Waals surface area contributed by atoms with Crippen LogP contribution in [0.5, 0.6) is 5.75 Å². The van der Waals surface area contributed by atoms with Gasteiger partial charge in [-0.2, -0.15) is 12.6 Å². The molecule has 0 bridgehead atoms. The number of para-hydroxylation sites is 1. The van der Waals surface area contributed by atoms with Gasteiger partial charge in [-0.15, -0.1) is 0 Å². The minimum atomic E-state index is -1.04. The highest BCUT2D eigenvalue weighted by atomic mass is 32.1. The minimum Gasteiger partial charge on any atom is -0.433 e. The number of hydrogen-bond acceptors (Lipinski definition) is 9. The predicted molar refractivity (Wildman–Crippen MR) is 108 cm³/mol. The van der Waals surface area contributed by atoms with Crippen LogP contribution in [-0.2, 0) is 28.8 Å². The molecule has 3 amide bonds. The molecular weight excluding hydrogens is 416 g/mol. The summed E-state index contributed by atoms with van der Waals surface area (Å²) in [7, 11) is 0. The van der Waals surface area contributed by atoms with Crippen LogP contribution in [0.15, 0.2) is 18.2 Å². The Kier molecular flexibility index (Phi) is 10.4. The van der Waals surface area contributed by atoms with Gasteiger partial charge in [0.25, 0.3) is 11.8 Å². The summed E-state index contributed by atoms with van der Waals surface area (Å²) >= 11 is 3.79. The van der Waals surface area contributed by atoms with Crippen LogP contribution in [0.25, 0.3) is 0 Å². The van der Waals surface area contributed by atoms with Crippen molar-refractivity contribution >= 4 is 42.5 Å². The fourth-order valence-electron chi connectivity index (χ4n) is 2.21. The van der Waals surface area contributed by atoms with Crippen molar-refractivity contribution < 1.29 is 38.3 Å². The van der Waals surface area contributed by atoms with Crippen molar-refractivity contribution in [2.45, 2.75) is 33.6 Å². The van der Waals surface area contributed by atoms with Crippen LogP contribution in [0.2, 0.25) is 0 Å². The SMILES string of the molecule is CCOC(=O)ON1C(=O)CCC1=O.Cc1cccc(C)c1OC(=O)CNC(=O)CS. The summed E-state index contributed by atoms with van der Waals surface area (Å²) in [6, 6.07) is 5.62. The second kappa shape index (κ2) is 12.5. The Hall–Kier alpha value is -3.08. The summed E-state index contributed by atoms with van der Waals surface area (Å²) < 4.78 is 9.59. The minimum absolute atomic E-state index is 0.0523. The van der Waals surface area contributed by atoms with Gasteiger partial charge in [-0.05, 0) is 31.9 Å². The number of hydrogen-bond donors (Lipinski definition) is 2. The molecule has 1 heterocycles. The molecule has 164 valence electrons. The quantitative estimate of drug-likeness (QED) is 0.295. The highest BCUT2D eigenvalue weighted by Gasteiger charge is 2.33. The molecule has 2 rings (SSSR count). The fraction of sp³-hybridized carbons (Fsp3) is 0.421. The summed E-state index contributed by atoms with van der Waals surface area (Å²) in [5.41, 5.74) is 1.78. The molecule has 0 aliphatic carbocycles. The van der Waals surface area contributed by atoms with Crippen molar-refractivity contribution in [3.05, 3.63) is 29.3 Å². The molecule has 0 saturated carbocycles. The Morgan fingerprint density at radius 3 is 2.17 bits per heavy atom. The molecule has 1 aromatic carbocycles. The third kappa shape index (κ3) is 8.11. The van der Waals surface area contributed by atoms with Crippen molar-refractivity contribution in [3.8, 4) is 5.75 Å². The number of benzene rings is 1. The van der Waals surface area contributed by atoms with Gasteiger partial charge in [0.05, 0.1) is 12.4 Å². The Morgan fingerprint density at radius 2 is 1.67 bits per heavy atom. The Labute approximate surface area is 179 Å². The molecule has 10 nitrogen and oxygen atoms in total. The number of aryl methyl sites for hydroxylation is 2. The highest BCUT2D eigenvalue weighted by Crippen LogP contribution is 2.22. The molecular formula is C19H24N2O8S. The molecule has 1 saturated heterocycles. The maximum atomic E-state index is 11.5. The number of carbonyl (C=O) groups is 5. The van der Waals surface area contributed by atoms with Crippen molar-refractivity contribution in [3.63, 3.8) is 0 Å². The van der Waals surface area contributed by atoms with Crippen LogP contribution in [0.3, 0.4) is 0 Å². The average Bonchev–Trinajstić information content (AvgIpc) is 3.01. The lowest BCUT2D eigenvalue weighted by Crippen LogP contribution is -2.32.